The molecule has 0 fully saturated rings. The molecular weight excluding hydrogens is 256 g/mol. The summed E-state index contributed by atoms with van der Waals surface area (Å²) in [5.41, 5.74) is 0.886. The number of halogens is 1. The third kappa shape index (κ3) is 3.74. The predicted octanol–water partition coefficient (Wildman–Crippen LogP) is 2.23. The van der Waals surface area contributed by atoms with Crippen LogP contribution in [0.2, 0.25) is 5.02 Å². The number of hydrogen-bond acceptors (Lipinski definition) is 4. The summed E-state index contributed by atoms with van der Waals surface area (Å²) in [5.74, 6) is -2.08. The highest BCUT2D eigenvalue weighted by molar-refractivity contribution is 6.31. The van der Waals surface area contributed by atoms with Gasteiger partial charge in [0.15, 0.2) is 5.92 Å². The Kier molecular flexibility index (Phi) is 5.65. The summed E-state index contributed by atoms with van der Waals surface area (Å²) in [6.45, 7) is 0. The fraction of sp³-hybridized carbons (Fsp3) is 0.385. The molecule has 0 aliphatic rings. The Hall–Kier alpha value is -1.55. The van der Waals surface area contributed by atoms with Crippen molar-refractivity contribution in [1.29, 1.82) is 0 Å². The quantitative estimate of drug-likeness (QED) is 0.608. The summed E-state index contributed by atoms with van der Waals surface area (Å²) in [7, 11) is 2.49. The summed E-state index contributed by atoms with van der Waals surface area (Å²) in [5, 5.41) is 0.617. The second-order valence-electron chi connectivity index (χ2n) is 3.73. The molecule has 98 valence electrons. The molecule has 0 saturated carbocycles. The minimum absolute atomic E-state index is 0.309. The highest BCUT2D eigenvalue weighted by Crippen LogP contribution is 2.19. The molecule has 1 aromatic carbocycles. The lowest BCUT2D eigenvalue weighted by Crippen LogP contribution is -2.27. The normalized spacial score (nSPS) is 10.2. The van der Waals surface area contributed by atoms with Crippen molar-refractivity contribution in [1.82, 2.24) is 0 Å². The van der Waals surface area contributed by atoms with E-state index in [9.17, 15) is 9.59 Å². The maximum atomic E-state index is 11.5. The van der Waals surface area contributed by atoms with Crippen molar-refractivity contribution in [2.45, 2.75) is 12.8 Å². The van der Waals surface area contributed by atoms with E-state index in [-0.39, 0.29) is 0 Å². The van der Waals surface area contributed by atoms with Gasteiger partial charge in [0.2, 0.25) is 0 Å². The van der Waals surface area contributed by atoms with Crippen LogP contribution in [0.4, 0.5) is 0 Å². The number of carbonyl (C=O) groups excluding carboxylic acids is 2. The number of aryl methyl sites for hydroxylation is 1. The minimum Gasteiger partial charge on any atom is -0.468 e. The van der Waals surface area contributed by atoms with Crippen molar-refractivity contribution in [3.63, 3.8) is 0 Å². The average molecular weight is 271 g/mol. The Bertz CT molecular complexity index is 415. The lowest BCUT2D eigenvalue weighted by atomic mass is 9.99. The van der Waals surface area contributed by atoms with Gasteiger partial charge in [-0.2, -0.15) is 0 Å². The van der Waals surface area contributed by atoms with Crippen LogP contribution in [0, 0.1) is 5.92 Å². The van der Waals surface area contributed by atoms with Crippen LogP contribution in [-0.2, 0) is 25.5 Å². The molecule has 0 radical (unpaired) electrons. The number of ether oxygens (including phenoxy) is 2. The van der Waals surface area contributed by atoms with Gasteiger partial charge >= 0.3 is 11.9 Å². The maximum absolute atomic E-state index is 11.5. The molecule has 18 heavy (non-hydrogen) atoms. The first-order chi connectivity index (χ1) is 8.60. The van der Waals surface area contributed by atoms with E-state index in [0.29, 0.717) is 17.9 Å². The molecule has 0 N–H and O–H groups in total. The molecule has 4 nitrogen and oxygen atoms in total. The Morgan fingerprint density at radius 3 is 2.22 bits per heavy atom. The number of carbonyl (C=O) groups is 2. The van der Waals surface area contributed by atoms with Crippen LogP contribution in [-0.4, -0.2) is 26.2 Å². The summed E-state index contributed by atoms with van der Waals surface area (Å²) < 4.78 is 9.16. The van der Waals surface area contributed by atoms with Crippen LogP contribution in [0.1, 0.15) is 12.0 Å². The Balaban J connectivity index is 2.71. The third-order valence-electron chi connectivity index (χ3n) is 2.63. The van der Waals surface area contributed by atoms with Crippen molar-refractivity contribution in [2.24, 2.45) is 5.92 Å². The molecule has 0 heterocycles. The predicted molar refractivity (Wildman–Crippen MR) is 67.3 cm³/mol. The van der Waals surface area contributed by atoms with E-state index in [1.807, 2.05) is 18.2 Å². The van der Waals surface area contributed by atoms with Crippen molar-refractivity contribution < 1.29 is 19.1 Å². The summed E-state index contributed by atoms with van der Waals surface area (Å²) in [6.07, 6.45) is 0.817. The second kappa shape index (κ2) is 7.01. The largest absolute Gasteiger partial charge is 0.468 e. The molecule has 0 aliphatic heterocycles. The highest BCUT2D eigenvalue weighted by atomic mass is 35.5. The number of rotatable bonds is 5. The molecule has 0 aliphatic carbocycles. The second-order valence-corrected chi connectivity index (χ2v) is 4.14. The van der Waals surface area contributed by atoms with Gasteiger partial charge in [-0.1, -0.05) is 29.8 Å². The maximum Gasteiger partial charge on any atom is 0.320 e. The molecule has 0 unspecified atom stereocenters. The van der Waals surface area contributed by atoms with Gasteiger partial charge in [-0.25, -0.2) is 0 Å². The van der Waals surface area contributed by atoms with Gasteiger partial charge in [0.25, 0.3) is 0 Å². The van der Waals surface area contributed by atoms with Crippen molar-refractivity contribution in [3.05, 3.63) is 34.9 Å². The Morgan fingerprint density at radius 1 is 1.17 bits per heavy atom. The van der Waals surface area contributed by atoms with Gasteiger partial charge in [-0.15, -0.1) is 0 Å². The van der Waals surface area contributed by atoms with Crippen molar-refractivity contribution in [3.8, 4) is 0 Å². The first-order valence-electron chi connectivity index (χ1n) is 5.49. The van der Waals surface area contributed by atoms with Crippen LogP contribution in [0.5, 0.6) is 0 Å². The number of benzene rings is 1. The van der Waals surface area contributed by atoms with Crippen molar-refractivity contribution >= 4 is 23.5 Å². The van der Waals surface area contributed by atoms with E-state index in [1.165, 1.54) is 14.2 Å². The molecule has 0 saturated heterocycles. The van der Waals surface area contributed by atoms with E-state index in [2.05, 4.69) is 9.47 Å². The number of esters is 2. The van der Waals surface area contributed by atoms with Crippen molar-refractivity contribution in [2.75, 3.05) is 14.2 Å². The molecule has 1 aromatic rings. The van der Waals surface area contributed by atoms with Crippen LogP contribution in [0.15, 0.2) is 24.3 Å². The molecule has 0 aromatic heterocycles. The van der Waals surface area contributed by atoms with Gasteiger partial charge in [-0.05, 0) is 24.5 Å². The standard InChI is InChI=1S/C13H15ClO4/c1-17-12(15)10(13(16)18-2)8-7-9-5-3-4-6-11(9)14/h3-6,10H,7-8H2,1-2H3. The van der Waals surface area contributed by atoms with Gasteiger partial charge in [0.05, 0.1) is 14.2 Å². The number of methoxy groups -OCH3 is 2. The molecule has 5 heteroatoms. The molecule has 0 atom stereocenters. The van der Waals surface area contributed by atoms with Crippen LogP contribution in [0.25, 0.3) is 0 Å². The van der Waals surface area contributed by atoms with E-state index in [4.69, 9.17) is 11.6 Å². The van der Waals surface area contributed by atoms with Gasteiger partial charge < -0.3 is 9.47 Å². The molecule has 1 rings (SSSR count). The van der Waals surface area contributed by atoms with E-state index >= 15 is 0 Å². The summed E-state index contributed by atoms with van der Waals surface area (Å²) >= 11 is 6.00. The van der Waals surface area contributed by atoms with E-state index in [1.54, 1.807) is 6.07 Å². The first-order valence-corrected chi connectivity index (χ1v) is 5.87. The van der Waals surface area contributed by atoms with Gasteiger partial charge in [0.1, 0.15) is 0 Å². The van der Waals surface area contributed by atoms with E-state index < -0.39 is 17.9 Å². The molecule has 0 spiro atoms. The smallest absolute Gasteiger partial charge is 0.320 e. The van der Waals surface area contributed by atoms with Gasteiger partial charge in [-0.3, -0.25) is 9.59 Å². The minimum atomic E-state index is -0.906. The monoisotopic (exact) mass is 270 g/mol. The molecular formula is C13H15ClO4. The van der Waals surface area contributed by atoms with Crippen LogP contribution in [0.3, 0.4) is 0 Å². The summed E-state index contributed by atoms with van der Waals surface area (Å²) in [4.78, 5) is 22.9. The lowest BCUT2D eigenvalue weighted by Gasteiger charge is -2.12. The average Bonchev–Trinajstić information content (AvgIpc) is 2.40. The SMILES string of the molecule is COC(=O)C(CCc1ccccc1Cl)C(=O)OC. The first kappa shape index (κ1) is 14.5. The fourth-order valence-corrected chi connectivity index (χ4v) is 1.85. The zero-order chi connectivity index (χ0) is 13.5. The summed E-state index contributed by atoms with van der Waals surface area (Å²) in [6, 6.07) is 7.30. The third-order valence-corrected chi connectivity index (χ3v) is 3.00. The van der Waals surface area contributed by atoms with E-state index in [0.717, 1.165) is 5.56 Å². The topological polar surface area (TPSA) is 52.6 Å². The van der Waals surface area contributed by atoms with Crippen LogP contribution >= 0.6 is 11.6 Å². The number of hydrogen-bond donors (Lipinski definition) is 0. The zero-order valence-corrected chi connectivity index (χ0v) is 11.1. The van der Waals surface area contributed by atoms with Gasteiger partial charge in [0, 0.05) is 5.02 Å². The lowest BCUT2D eigenvalue weighted by molar-refractivity contribution is -0.159. The molecule has 0 bridgehead atoms. The fourth-order valence-electron chi connectivity index (χ4n) is 1.62. The Morgan fingerprint density at radius 2 is 1.72 bits per heavy atom. The molecule has 0 amide bonds. The zero-order valence-electron chi connectivity index (χ0n) is 10.3. The van der Waals surface area contributed by atoms with Crippen LogP contribution < -0.4 is 0 Å². The highest BCUT2D eigenvalue weighted by Gasteiger charge is 2.28. The Labute approximate surface area is 111 Å².